The molecule has 1 amide bonds. The van der Waals surface area contributed by atoms with Gasteiger partial charge in [0.2, 0.25) is 5.91 Å². The van der Waals surface area contributed by atoms with Gasteiger partial charge in [-0.05, 0) is 30.0 Å². The molecule has 116 valence electrons. The molecule has 2 aliphatic rings. The van der Waals surface area contributed by atoms with E-state index in [0.29, 0.717) is 17.9 Å². The van der Waals surface area contributed by atoms with Crippen LogP contribution in [0.3, 0.4) is 0 Å². The monoisotopic (exact) mass is 328 g/mol. The molecule has 0 radical (unpaired) electrons. The molecule has 7 heteroatoms. The summed E-state index contributed by atoms with van der Waals surface area (Å²) < 4.78 is 15.1. The van der Waals surface area contributed by atoms with Crippen molar-refractivity contribution in [1.29, 1.82) is 5.26 Å². The van der Waals surface area contributed by atoms with Crippen molar-refractivity contribution >= 4 is 23.5 Å². The largest absolute Gasteiger partial charge is 0.308 e. The zero-order chi connectivity index (χ0) is 16.0. The van der Waals surface area contributed by atoms with Gasteiger partial charge in [-0.15, -0.1) is 0 Å². The highest BCUT2D eigenvalue weighted by molar-refractivity contribution is 7.99. The quantitative estimate of drug-likeness (QED) is 0.940. The fraction of sp³-hybridized carbons (Fsp3) is 0.312. The molecule has 1 saturated carbocycles. The van der Waals surface area contributed by atoms with E-state index in [1.165, 1.54) is 12.1 Å². The minimum Gasteiger partial charge on any atom is -0.308 e. The summed E-state index contributed by atoms with van der Waals surface area (Å²) in [6, 6.07) is 8.47. The number of nitriles is 1. The molecule has 4 rings (SSSR count). The number of hydrogen-bond donors (Lipinski definition) is 1. The second-order valence-corrected chi connectivity index (χ2v) is 6.76. The maximum absolute atomic E-state index is 13.3. The lowest BCUT2D eigenvalue weighted by Crippen LogP contribution is -2.16. The fourth-order valence-electron chi connectivity index (χ4n) is 2.98. The van der Waals surface area contributed by atoms with Gasteiger partial charge in [0.05, 0.1) is 0 Å². The third kappa shape index (κ3) is 2.49. The zero-order valence-electron chi connectivity index (χ0n) is 12.1. The van der Waals surface area contributed by atoms with Gasteiger partial charge >= 0.3 is 0 Å². The van der Waals surface area contributed by atoms with Crippen LogP contribution in [0.1, 0.15) is 23.6 Å². The van der Waals surface area contributed by atoms with E-state index in [-0.39, 0.29) is 23.6 Å². The molecule has 1 N–H and O–H groups in total. The lowest BCUT2D eigenvalue weighted by molar-refractivity contribution is -0.117. The van der Waals surface area contributed by atoms with Crippen LogP contribution in [0.4, 0.5) is 10.2 Å². The van der Waals surface area contributed by atoms with Crippen LogP contribution in [0.5, 0.6) is 0 Å². The number of imidazole rings is 1. The van der Waals surface area contributed by atoms with E-state index in [9.17, 15) is 14.4 Å². The molecule has 0 unspecified atom stereocenters. The number of rotatable bonds is 3. The molecule has 0 spiro atoms. The molecule has 1 aromatic heterocycles. The SMILES string of the molecule is N#Cc1c(NC(=O)[C@H]2C[C@H]2c2cccc(F)c2)nc2n1CCS2. The van der Waals surface area contributed by atoms with E-state index in [1.54, 1.807) is 17.8 Å². The van der Waals surface area contributed by atoms with E-state index in [1.807, 2.05) is 10.6 Å². The molecular formula is C16H13FN4OS. The first-order valence-electron chi connectivity index (χ1n) is 7.37. The smallest absolute Gasteiger partial charge is 0.229 e. The number of carbonyl (C=O) groups excluding carboxylic acids is 1. The van der Waals surface area contributed by atoms with Gasteiger partial charge in [-0.25, -0.2) is 9.37 Å². The van der Waals surface area contributed by atoms with Gasteiger partial charge in [0.1, 0.15) is 11.9 Å². The molecule has 2 heterocycles. The van der Waals surface area contributed by atoms with Crippen LogP contribution in [-0.4, -0.2) is 21.2 Å². The summed E-state index contributed by atoms with van der Waals surface area (Å²) in [5, 5.41) is 12.8. The zero-order valence-corrected chi connectivity index (χ0v) is 12.9. The highest BCUT2D eigenvalue weighted by Gasteiger charge is 2.44. The highest BCUT2D eigenvalue weighted by atomic mass is 32.2. The Morgan fingerprint density at radius 1 is 1.52 bits per heavy atom. The molecule has 1 fully saturated rings. The van der Waals surface area contributed by atoms with Gasteiger partial charge in [-0.1, -0.05) is 23.9 Å². The summed E-state index contributed by atoms with van der Waals surface area (Å²) in [6.07, 6.45) is 0.694. The van der Waals surface area contributed by atoms with Crippen LogP contribution in [-0.2, 0) is 11.3 Å². The first kappa shape index (κ1) is 14.3. The number of nitrogens with one attached hydrogen (secondary N) is 1. The van der Waals surface area contributed by atoms with Crippen LogP contribution in [0.15, 0.2) is 29.4 Å². The number of nitrogens with zero attached hydrogens (tertiary/aromatic N) is 3. The van der Waals surface area contributed by atoms with Crippen molar-refractivity contribution in [2.75, 3.05) is 11.1 Å². The summed E-state index contributed by atoms with van der Waals surface area (Å²) >= 11 is 1.58. The van der Waals surface area contributed by atoms with Crippen LogP contribution in [0.25, 0.3) is 0 Å². The Bertz CT molecular complexity index is 841. The number of halogens is 1. The van der Waals surface area contributed by atoms with Crippen LogP contribution in [0, 0.1) is 23.1 Å². The van der Waals surface area contributed by atoms with Gasteiger partial charge in [0, 0.05) is 18.2 Å². The number of amides is 1. The lowest BCUT2D eigenvalue weighted by Gasteiger charge is -2.04. The van der Waals surface area contributed by atoms with Crippen molar-refractivity contribution in [3.8, 4) is 6.07 Å². The Morgan fingerprint density at radius 3 is 3.17 bits per heavy atom. The molecule has 5 nitrogen and oxygen atoms in total. The van der Waals surface area contributed by atoms with Gasteiger partial charge in [0.25, 0.3) is 0 Å². The van der Waals surface area contributed by atoms with E-state index in [0.717, 1.165) is 23.0 Å². The summed E-state index contributed by atoms with van der Waals surface area (Å²) in [5.41, 5.74) is 1.25. The molecule has 1 aromatic carbocycles. The van der Waals surface area contributed by atoms with Crippen molar-refractivity contribution < 1.29 is 9.18 Å². The Labute approximate surface area is 136 Å². The Morgan fingerprint density at radius 2 is 2.39 bits per heavy atom. The molecule has 2 atom stereocenters. The van der Waals surface area contributed by atoms with Crippen molar-refractivity contribution in [2.45, 2.75) is 24.0 Å². The van der Waals surface area contributed by atoms with Gasteiger partial charge in [-0.2, -0.15) is 5.26 Å². The number of anilines is 1. The van der Waals surface area contributed by atoms with Crippen LogP contribution < -0.4 is 5.32 Å². The van der Waals surface area contributed by atoms with Gasteiger partial charge < -0.3 is 9.88 Å². The molecule has 23 heavy (non-hydrogen) atoms. The molecular weight excluding hydrogens is 315 g/mol. The average molecular weight is 328 g/mol. The Kier molecular flexibility index (Phi) is 3.34. The standard InChI is InChI=1S/C16H13FN4OS/c17-10-3-1-2-9(6-10)11-7-12(11)15(22)19-14-13(8-18)21-4-5-23-16(21)20-14/h1-3,6,11-12H,4-5,7H2,(H,19,22)/t11-,12-/m0/s1. The van der Waals surface area contributed by atoms with Crippen LogP contribution >= 0.6 is 11.8 Å². The molecule has 1 aliphatic heterocycles. The van der Waals surface area contributed by atoms with E-state index < -0.39 is 0 Å². The predicted octanol–water partition coefficient (Wildman–Crippen LogP) is 2.74. The van der Waals surface area contributed by atoms with Crippen molar-refractivity contribution in [1.82, 2.24) is 9.55 Å². The van der Waals surface area contributed by atoms with E-state index >= 15 is 0 Å². The topological polar surface area (TPSA) is 70.7 Å². The maximum Gasteiger partial charge on any atom is 0.229 e. The number of benzene rings is 1. The molecule has 0 bridgehead atoms. The second kappa shape index (κ2) is 5.39. The number of fused-ring (bicyclic) bond motifs is 1. The van der Waals surface area contributed by atoms with E-state index in [4.69, 9.17) is 0 Å². The number of aromatic nitrogens is 2. The normalized spacial score (nSPS) is 21.6. The Balaban J connectivity index is 1.49. The first-order valence-corrected chi connectivity index (χ1v) is 8.35. The Hall–Kier alpha value is -2.33. The van der Waals surface area contributed by atoms with E-state index in [2.05, 4.69) is 16.4 Å². The van der Waals surface area contributed by atoms with Gasteiger partial charge in [0.15, 0.2) is 16.7 Å². The summed E-state index contributed by atoms with van der Waals surface area (Å²) in [7, 11) is 0. The van der Waals surface area contributed by atoms with Crippen molar-refractivity contribution in [3.63, 3.8) is 0 Å². The van der Waals surface area contributed by atoms with Gasteiger partial charge in [-0.3, -0.25) is 4.79 Å². The average Bonchev–Trinajstić information content (AvgIpc) is 3.11. The summed E-state index contributed by atoms with van der Waals surface area (Å²) in [5.74, 6) is 0.646. The molecule has 1 aliphatic carbocycles. The number of thioether (sulfide) groups is 1. The maximum atomic E-state index is 13.3. The minimum atomic E-state index is -0.289. The van der Waals surface area contributed by atoms with Crippen molar-refractivity contribution in [3.05, 3.63) is 41.3 Å². The van der Waals surface area contributed by atoms with Crippen LogP contribution in [0.2, 0.25) is 0 Å². The minimum absolute atomic E-state index is 0.0417. The number of hydrogen-bond acceptors (Lipinski definition) is 4. The third-order valence-corrected chi connectivity index (χ3v) is 5.19. The summed E-state index contributed by atoms with van der Waals surface area (Å²) in [6.45, 7) is 0.737. The third-order valence-electron chi connectivity index (χ3n) is 4.23. The highest BCUT2D eigenvalue weighted by Crippen LogP contribution is 2.48. The first-order chi connectivity index (χ1) is 11.2. The van der Waals surface area contributed by atoms with Crippen molar-refractivity contribution in [2.24, 2.45) is 5.92 Å². The fourth-order valence-corrected chi connectivity index (χ4v) is 3.93. The predicted molar refractivity (Wildman–Crippen MR) is 83.5 cm³/mol. The number of carbonyl (C=O) groups is 1. The second-order valence-electron chi connectivity index (χ2n) is 5.70. The lowest BCUT2D eigenvalue weighted by atomic mass is 10.1. The molecule has 2 aromatic rings. The molecule has 0 saturated heterocycles. The summed E-state index contributed by atoms with van der Waals surface area (Å²) in [4.78, 5) is 16.7.